The molecule has 186 valence electrons. The molecular weight excluding hydrogens is 488 g/mol. The number of cyclic esters (lactones) is 1. The molecule has 4 aliphatic heterocycles. The number of nitrogens with zero attached hydrogens (tertiary/aromatic N) is 2. The Labute approximate surface area is 214 Å². The minimum absolute atomic E-state index is 0.0113. The number of halogens is 1. The van der Waals surface area contributed by atoms with E-state index in [1.165, 1.54) is 11.8 Å². The van der Waals surface area contributed by atoms with Crippen molar-refractivity contribution in [3.8, 4) is 0 Å². The number of aliphatic hydroxyl groups is 1. The van der Waals surface area contributed by atoms with Crippen molar-refractivity contribution in [1.82, 2.24) is 4.90 Å². The molecule has 4 heterocycles. The molecule has 1 aromatic rings. The van der Waals surface area contributed by atoms with Gasteiger partial charge in [-0.3, -0.25) is 14.4 Å². The molecule has 2 saturated heterocycles. The van der Waals surface area contributed by atoms with Gasteiger partial charge in [0.1, 0.15) is 6.04 Å². The molecule has 4 aliphatic rings. The van der Waals surface area contributed by atoms with Gasteiger partial charge in [0.25, 0.3) is 5.91 Å². The molecule has 0 aromatic heterocycles. The molecule has 1 spiro atoms. The van der Waals surface area contributed by atoms with E-state index in [-0.39, 0.29) is 29.6 Å². The lowest BCUT2D eigenvalue weighted by atomic mass is 9.78. The molecule has 0 bridgehead atoms. The summed E-state index contributed by atoms with van der Waals surface area (Å²) < 4.78 is 4.69. The first-order valence-corrected chi connectivity index (χ1v) is 13.4. The number of likely N-dealkylation sites (tertiary alicyclic amines) is 1. The van der Waals surface area contributed by atoms with E-state index < -0.39 is 22.6 Å². The monoisotopic (exact) mass is 516 g/mol. The first kappa shape index (κ1) is 24.4. The van der Waals surface area contributed by atoms with Crippen molar-refractivity contribution in [1.29, 1.82) is 0 Å². The number of thioether (sulfide) groups is 1. The van der Waals surface area contributed by atoms with E-state index in [1.807, 2.05) is 30.4 Å². The van der Waals surface area contributed by atoms with E-state index in [2.05, 4.69) is 6.08 Å². The molecule has 1 unspecified atom stereocenters. The summed E-state index contributed by atoms with van der Waals surface area (Å²) in [6.45, 7) is 0.991. The highest BCUT2D eigenvalue weighted by Crippen LogP contribution is 2.61. The molecule has 2 amide bonds. The SMILES string of the molecule is O=C1OCCC/C=C\[C@@H]2S[C@]34C=CCN(c5ccccc5Cl)C(=O)C3N(CCCCO)C(=O)[C@@H]4[C@H]12. The highest BCUT2D eigenvalue weighted by molar-refractivity contribution is 8.02. The Kier molecular flexibility index (Phi) is 6.97. The Hall–Kier alpha value is -2.29. The van der Waals surface area contributed by atoms with E-state index in [9.17, 15) is 19.5 Å². The summed E-state index contributed by atoms with van der Waals surface area (Å²) in [4.78, 5) is 44.7. The number of amides is 2. The van der Waals surface area contributed by atoms with Crippen LogP contribution in [0.4, 0.5) is 5.69 Å². The van der Waals surface area contributed by atoms with Gasteiger partial charge in [0.15, 0.2) is 0 Å². The molecule has 0 aliphatic carbocycles. The molecule has 5 rings (SSSR count). The lowest BCUT2D eigenvalue weighted by Gasteiger charge is -2.35. The fraction of sp³-hybridized carbons (Fsp3) is 0.500. The Balaban J connectivity index is 1.60. The van der Waals surface area contributed by atoms with Gasteiger partial charge in [0.05, 0.1) is 33.9 Å². The predicted octanol–water partition coefficient (Wildman–Crippen LogP) is 3.21. The van der Waals surface area contributed by atoms with Crippen LogP contribution in [0.5, 0.6) is 0 Å². The summed E-state index contributed by atoms with van der Waals surface area (Å²) in [5.41, 5.74) is 0.594. The molecule has 1 N–H and O–H groups in total. The number of hydrogen-bond donors (Lipinski definition) is 1. The highest BCUT2D eigenvalue weighted by atomic mass is 35.5. The molecule has 2 fully saturated rings. The van der Waals surface area contributed by atoms with Gasteiger partial charge in [-0.05, 0) is 37.8 Å². The van der Waals surface area contributed by atoms with Gasteiger partial charge < -0.3 is 19.6 Å². The van der Waals surface area contributed by atoms with Gasteiger partial charge >= 0.3 is 5.97 Å². The topological polar surface area (TPSA) is 87.2 Å². The summed E-state index contributed by atoms with van der Waals surface area (Å²) in [6.07, 6.45) is 10.6. The quantitative estimate of drug-likeness (QED) is 0.367. The van der Waals surface area contributed by atoms with Crippen molar-refractivity contribution < 1.29 is 24.2 Å². The van der Waals surface area contributed by atoms with Crippen LogP contribution >= 0.6 is 23.4 Å². The van der Waals surface area contributed by atoms with Crippen molar-refractivity contribution in [3.63, 3.8) is 0 Å². The zero-order valence-corrected chi connectivity index (χ0v) is 20.9. The Bertz CT molecular complexity index is 1080. The fourth-order valence-electron chi connectivity index (χ4n) is 5.77. The minimum atomic E-state index is -0.888. The maximum Gasteiger partial charge on any atom is 0.311 e. The zero-order chi connectivity index (χ0) is 24.6. The van der Waals surface area contributed by atoms with Crippen molar-refractivity contribution in [2.75, 3.05) is 31.2 Å². The number of para-hydroxylation sites is 1. The Morgan fingerprint density at radius 1 is 1.14 bits per heavy atom. The van der Waals surface area contributed by atoms with Gasteiger partial charge in [-0.25, -0.2) is 0 Å². The largest absolute Gasteiger partial charge is 0.465 e. The molecule has 1 aromatic carbocycles. The number of benzene rings is 1. The fourth-order valence-corrected chi connectivity index (χ4v) is 8.01. The summed E-state index contributed by atoms with van der Waals surface area (Å²) >= 11 is 8.00. The lowest BCUT2D eigenvalue weighted by Crippen LogP contribution is -2.53. The summed E-state index contributed by atoms with van der Waals surface area (Å²) in [5.74, 6) is -2.13. The van der Waals surface area contributed by atoms with Crippen molar-refractivity contribution in [2.45, 2.75) is 41.7 Å². The van der Waals surface area contributed by atoms with Crippen LogP contribution in [0.15, 0.2) is 48.6 Å². The first-order valence-electron chi connectivity index (χ1n) is 12.2. The second-order valence-corrected chi connectivity index (χ2v) is 11.2. The Morgan fingerprint density at radius 2 is 1.97 bits per heavy atom. The van der Waals surface area contributed by atoms with Crippen LogP contribution in [-0.4, -0.2) is 70.1 Å². The summed E-state index contributed by atoms with van der Waals surface area (Å²) in [6, 6.07) is 6.40. The average Bonchev–Trinajstić information content (AvgIpc) is 3.25. The van der Waals surface area contributed by atoms with E-state index in [0.717, 1.165) is 12.8 Å². The van der Waals surface area contributed by atoms with Gasteiger partial charge in [0, 0.05) is 24.9 Å². The number of anilines is 1. The standard InChI is InChI=1S/C26H29ClN2O5S/c27-17-9-3-4-10-18(17)28-14-8-12-26-21(20-19(35-26)11-2-1-7-16-34-25(20)33)23(31)29(13-5-6-15-30)22(26)24(28)32/h2-4,8-12,19-22,30H,1,5-7,13-16H2/b11-2-/t19-,20+,21-,22?,26-/m0/s1. The van der Waals surface area contributed by atoms with Gasteiger partial charge in [-0.1, -0.05) is 48.0 Å². The second-order valence-electron chi connectivity index (χ2n) is 9.34. The predicted molar refractivity (Wildman–Crippen MR) is 135 cm³/mol. The molecule has 0 radical (unpaired) electrons. The number of fused-ring (bicyclic) bond motifs is 2. The maximum absolute atomic E-state index is 14.2. The molecule has 0 saturated carbocycles. The smallest absolute Gasteiger partial charge is 0.311 e. The summed E-state index contributed by atoms with van der Waals surface area (Å²) in [5, 5.41) is 9.52. The third-order valence-corrected chi connectivity index (χ3v) is 9.37. The molecular formula is C26H29ClN2O5S. The summed E-state index contributed by atoms with van der Waals surface area (Å²) in [7, 11) is 0. The lowest BCUT2D eigenvalue weighted by molar-refractivity contribution is -0.153. The van der Waals surface area contributed by atoms with Crippen molar-refractivity contribution >= 4 is 46.8 Å². The minimum Gasteiger partial charge on any atom is -0.465 e. The number of carbonyl (C=O) groups excluding carboxylic acids is 3. The number of aliphatic hydroxyl groups excluding tert-OH is 1. The number of ether oxygens (including phenoxy) is 1. The number of allylic oxidation sites excluding steroid dienone is 1. The van der Waals surface area contributed by atoms with E-state index in [4.69, 9.17) is 16.3 Å². The van der Waals surface area contributed by atoms with Gasteiger partial charge in [-0.15, -0.1) is 11.8 Å². The van der Waals surface area contributed by atoms with Gasteiger partial charge in [0.2, 0.25) is 5.91 Å². The van der Waals surface area contributed by atoms with Crippen LogP contribution in [0.2, 0.25) is 5.02 Å². The van der Waals surface area contributed by atoms with E-state index in [1.54, 1.807) is 21.9 Å². The van der Waals surface area contributed by atoms with Crippen LogP contribution in [0.25, 0.3) is 0 Å². The first-order chi connectivity index (χ1) is 17.0. The highest BCUT2D eigenvalue weighted by Gasteiger charge is 2.70. The maximum atomic E-state index is 14.2. The number of carbonyl (C=O) groups is 3. The Morgan fingerprint density at radius 3 is 2.77 bits per heavy atom. The normalized spacial score (nSPS) is 33.3. The number of rotatable bonds is 5. The molecule has 7 nitrogen and oxygen atoms in total. The van der Waals surface area contributed by atoms with Crippen LogP contribution in [0.1, 0.15) is 25.7 Å². The van der Waals surface area contributed by atoms with Gasteiger partial charge in [-0.2, -0.15) is 0 Å². The van der Waals surface area contributed by atoms with Crippen LogP contribution < -0.4 is 4.90 Å². The number of hydrogen-bond acceptors (Lipinski definition) is 6. The van der Waals surface area contributed by atoms with Crippen LogP contribution in [-0.2, 0) is 19.1 Å². The van der Waals surface area contributed by atoms with Crippen LogP contribution in [0, 0.1) is 11.8 Å². The third-order valence-electron chi connectivity index (χ3n) is 7.30. The van der Waals surface area contributed by atoms with Crippen molar-refractivity contribution in [3.05, 3.63) is 53.6 Å². The molecule has 9 heteroatoms. The zero-order valence-electron chi connectivity index (χ0n) is 19.3. The molecule has 5 atom stereocenters. The van der Waals surface area contributed by atoms with E-state index in [0.29, 0.717) is 43.2 Å². The number of esters is 1. The van der Waals surface area contributed by atoms with E-state index >= 15 is 0 Å². The van der Waals surface area contributed by atoms with Crippen molar-refractivity contribution in [2.24, 2.45) is 11.8 Å². The average molecular weight is 517 g/mol. The van der Waals surface area contributed by atoms with Crippen LogP contribution in [0.3, 0.4) is 0 Å². The number of unbranched alkanes of at least 4 members (excludes halogenated alkanes) is 1. The second kappa shape index (κ2) is 9.99. The molecule has 35 heavy (non-hydrogen) atoms. The third kappa shape index (κ3) is 4.09.